The molecule has 1 fully saturated rings. The van der Waals surface area contributed by atoms with Gasteiger partial charge in [-0.3, -0.25) is 0 Å². The molecule has 0 saturated heterocycles. The van der Waals surface area contributed by atoms with E-state index in [4.69, 9.17) is 21.6 Å². The van der Waals surface area contributed by atoms with Gasteiger partial charge in [-0.05, 0) is 36.8 Å². The predicted molar refractivity (Wildman–Crippen MR) is 72.8 cm³/mol. The molecule has 0 unspecified atom stereocenters. The van der Waals surface area contributed by atoms with Gasteiger partial charge in [0.2, 0.25) is 0 Å². The molecular weight excluding hydrogens is 246 g/mol. The summed E-state index contributed by atoms with van der Waals surface area (Å²) >= 11 is 5.97. The lowest BCUT2D eigenvalue weighted by atomic mass is 9.83. The first-order valence-corrected chi connectivity index (χ1v) is 6.89. The highest BCUT2D eigenvalue weighted by Crippen LogP contribution is 2.29. The van der Waals surface area contributed by atoms with Gasteiger partial charge in [-0.1, -0.05) is 31.4 Å². The first-order chi connectivity index (χ1) is 8.69. The Bertz CT molecular complexity index is 444. The number of ether oxygens (including phenoxy) is 1. The Morgan fingerprint density at radius 3 is 2.67 bits per heavy atom. The van der Waals surface area contributed by atoms with Crippen molar-refractivity contribution in [3.05, 3.63) is 28.8 Å². The maximum atomic E-state index is 8.79. The fraction of sp³-hybridized carbons (Fsp3) is 0.533. The molecule has 1 saturated carbocycles. The van der Waals surface area contributed by atoms with Gasteiger partial charge >= 0.3 is 0 Å². The summed E-state index contributed by atoms with van der Waals surface area (Å²) in [5.74, 6) is 2.29. The van der Waals surface area contributed by atoms with Crippen molar-refractivity contribution >= 4 is 11.6 Å². The Balaban J connectivity index is 1.87. The van der Waals surface area contributed by atoms with Crippen molar-refractivity contribution in [1.82, 2.24) is 0 Å². The number of nitriles is 1. The average molecular weight is 264 g/mol. The minimum atomic E-state index is 0.465. The summed E-state index contributed by atoms with van der Waals surface area (Å²) in [6, 6.07) is 7.30. The van der Waals surface area contributed by atoms with E-state index in [1.54, 1.807) is 12.1 Å². The number of benzene rings is 1. The second kappa shape index (κ2) is 6.11. The smallest absolute Gasteiger partial charge is 0.120 e. The molecule has 18 heavy (non-hydrogen) atoms. The van der Waals surface area contributed by atoms with Crippen LogP contribution >= 0.6 is 11.6 Å². The average Bonchev–Trinajstić information content (AvgIpc) is 2.38. The van der Waals surface area contributed by atoms with Crippen LogP contribution < -0.4 is 4.74 Å². The molecule has 1 aromatic rings. The third-order valence-corrected chi connectivity index (χ3v) is 3.99. The highest BCUT2D eigenvalue weighted by molar-refractivity contribution is 6.31. The van der Waals surface area contributed by atoms with Crippen LogP contribution in [0.5, 0.6) is 5.75 Å². The van der Waals surface area contributed by atoms with Gasteiger partial charge in [0.05, 0.1) is 17.2 Å². The van der Waals surface area contributed by atoms with Gasteiger partial charge in [-0.15, -0.1) is 0 Å². The molecule has 0 amide bonds. The molecule has 96 valence electrons. The summed E-state index contributed by atoms with van der Waals surface area (Å²) in [5.41, 5.74) is 0.496. The molecule has 0 aliphatic heterocycles. The van der Waals surface area contributed by atoms with E-state index in [-0.39, 0.29) is 0 Å². The monoisotopic (exact) mass is 263 g/mol. The molecule has 0 aromatic heterocycles. The zero-order chi connectivity index (χ0) is 13.0. The van der Waals surface area contributed by atoms with Crippen molar-refractivity contribution in [1.29, 1.82) is 5.26 Å². The summed E-state index contributed by atoms with van der Waals surface area (Å²) in [7, 11) is 0. The van der Waals surface area contributed by atoms with E-state index in [1.165, 1.54) is 25.7 Å². The molecule has 0 heterocycles. The normalized spacial score (nSPS) is 23.4. The van der Waals surface area contributed by atoms with Crippen molar-refractivity contribution in [2.24, 2.45) is 11.8 Å². The number of rotatable bonds is 3. The Labute approximate surface area is 114 Å². The van der Waals surface area contributed by atoms with E-state index in [1.807, 2.05) is 12.1 Å². The van der Waals surface area contributed by atoms with Gasteiger partial charge < -0.3 is 4.74 Å². The number of hydrogen-bond acceptors (Lipinski definition) is 2. The molecule has 0 N–H and O–H groups in total. The van der Waals surface area contributed by atoms with Gasteiger partial charge in [-0.25, -0.2) is 0 Å². The Hall–Kier alpha value is -1.20. The highest BCUT2D eigenvalue weighted by Gasteiger charge is 2.18. The largest absolute Gasteiger partial charge is 0.493 e. The quantitative estimate of drug-likeness (QED) is 0.809. The number of halogens is 1. The summed E-state index contributed by atoms with van der Waals surface area (Å²) in [6.07, 6.45) is 5.13. The third-order valence-electron chi connectivity index (χ3n) is 3.68. The molecule has 1 aliphatic rings. The molecule has 0 bridgehead atoms. The third kappa shape index (κ3) is 3.40. The van der Waals surface area contributed by atoms with Crippen LogP contribution in [0.25, 0.3) is 0 Å². The van der Waals surface area contributed by atoms with Crippen LogP contribution in [0.3, 0.4) is 0 Å². The predicted octanol–water partition coefficient (Wildman–Crippen LogP) is 4.42. The first kappa shape index (κ1) is 13.2. The van der Waals surface area contributed by atoms with Crippen molar-refractivity contribution in [2.45, 2.75) is 32.6 Å². The van der Waals surface area contributed by atoms with E-state index >= 15 is 0 Å². The molecular formula is C15H18ClNO. The van der Waals surface area contributed by atoms with Crippen LogP contribution in [0.1, 0.15) is 38.2 Å². The second-order valence-electron chi connectivity index (χ2n) is 5.19. The van der Waals surface area contributed by atoms with Crippen LogP contribution in [-0.2, 0) is 0 Å². The summed E-state index contributed by atoms with van der Waals surface area (Å²) in [6.45, 7) is 3.08. The molecule has 0 atom stereocenters. The molecule has 0 radical (unpaired) electrons. The zero-order valence-electron chi connectivity index (χ0n) is 10.7. The Morgan fingerprint density at radius 2 is 2.06 bits per heavy atom. The summed E-state index contributed by atoms with van der Waals surface area (Å²) in [5, 5.41) is 9.26. The number of hydrogen-bond donors (Lipinski definition) is 0. The standard InChI is InChI=1S/C15H18ClNO/c1-11-2-4-12(5-3-11)10-18-14-7-6-13(9-17)15(16)8-14/h6-8,11-12H,2-5,10H2,1H3. The van der Waals surface area contributed by atoms with Gasteiger partial charge in [0.1, 0.15) is 11.8 Å². The lowest BCUT2D eigenvalue weighted by Crippen LogP contribution is -2.18. The fourth-order valence-corrected chi connectivity index (χ4v) is 2.60. The van der Waals surface area contributed by atoms with Gasteiger partial charge in [0.25, 0.3) is 0 Å². The zero-order valence-corrected chi connectivity index (χ0v) is 11.4. The van der Waals surface area contributed by atoms with E-state index in [0.29, 0.717) is 16.5 Å². The molecule has 2 rings (SSSR count). The van der Waals surface area contributed by atoms with Gasteiger partial charge in [0.15, 0.2) is 0 Å². The highest BCUT2D eigenvalue weighted by atomic mass is 35.5. The van der Waals surface area contributed by atoms with E-state index in [9.17, 15) is 0 Å². The molecule has 0 spiro atoms. The van der Waals surface area contributed by atoms with Crippen molar-refractivity contribution in [3.8, 4) is 11.8 Å². The maximum Gasteiger partial charge on any atom is 0.120 e. The number of nitrogens with zero attached hydrogens (tertiary/aromatic N) is 1. The SMILES string of the molecule is CC1CCC(COc2ccc(C#N)c(Cl)c2)CC1. The molecule has 1 aromatic carbocycles. The van der Waals surface area contributed by atoms with Crippen LogP contribution in [-0.4, -0.2) is 6.61 Å². The van der Waals surface area contributed by atoms with Crippen LogP contribution in [0.2, 0.25) is 5.02 Å². The lowest BCUT2D eigenvalue weighted by Gasteiger charge is -2.26. The maximum absolute atomic E-state index is 8.79. The second-order valence-corrected chi connectivity index (χ2v) is 5.60. The van der Waals surface area contributed by atoms with Gasteiger partial charge in [-0.2, -0.15) is 5.26 Å². The summed E-state index contributed by atoms with van der Waals surface area (Å²) < 4.78 is 5.77. The lowest BCUT2D eigenvalue weighted by molar-refractivity contribution is 0.188. The van der Waals surface area contributed by atoms with Crippen molar-refractivity contribution in [3.63, 3.8) is 0 Å². The van der Waals surface area contributed by atoms with Crippen molar-refractivity contribution < 1.29 is 4.74 Å². The Kier molecular flexibility index (Phi) is 4.49. The summed E-state index contributed by atoms with van der Waals surface area (Å²) in [4.78, 5) is 0. The Morgan fingerprint density at radius 1 is 1.33 bits per heavy atom. The van der Waals surface area contributed by atoms with E-state index in [0.717, 1.165) is 18.3 Å². The first-order valence-electron chi connectivity index (χ1n) is 6.51. The molecule has 2 nitrogen and oxygen atoms in total. The van der Waals surface area contributed by atoms with E-state index in [2.05, 4.69) is 6.92 Å². The fourth-order valence-electron chi connectivity index (χ4n) is 2.39. The van der Waals surface area contributed by atoms with Crippen LogP contribution in [0, 0.1) is 23.2 Å². The minimum absolute atomic E-state index is 0.465. The van der Waals surface area contributed by atoms with Crippen LogP contribution in [0.4, 0.5) is 0 Å². The van der Waals surface area contributed by atoms with Crippen LogP contribution in [0.15, 0.2) is 18.2 Å². The topological polar surface area (TPSA) is 33.0 Å². The van der Waals surface area contributed by atoms with Gasteiger partial charge in [0, 0.05) is 6.07 Å². The molecule has 3 heteroatoms. The minimum Gasteiger partial charge on any atom is -0.493 e. The van der Waals surface area contributed by atoms with Crippen molar-refractivity contribution in [2.75, 3.05) is 6.61 Å². The van der Waals surface area contributed by atoms with E-state index < -0.39 is 0 Å². The molecule has 1 aliphatic carbocycles.